The van der Waals surface area contributed by atoms with E-state index in [0.717, 1.165) is 31.2 Å². The number of rotatable bonds is 8. The van der Waals surface area contributed by atoms with E-state index in [0.29, 0.717) is 24.5 Å². The zero-order valence-corrected chi connectivity index (χ0v) is 14.3. The van der Waals surface area contributed by atoms with Crippen LogP contribution >= 0.6 is 0 Å². The van der Waals surface area contributed by atoms with E-state index < -0.39 is 5.97 Å². The highest BCUT2D eigenvalue weighted by Crippen LogP contribution is 2.21. The van der Waals surface area contributed by atoms with Crippen LogP contribution < -0.4 is 10.1 Å². The SMILES string of the molecule is CCOCc1cc(C(=O)OCC(=O)NC2CCCC2)ccc1OC. The lowest BCUT2D eigenvalue weighted by atomic mass is 10.1. The van der Waals surface area contributed by atoms with Crippen LogP contribution in [0, 0.1) is 0 Å². The molecule has 0 radical (unpaired) electrons. The Morgan fingerprint density at radius 3 is 2.67 bits per heavy atom. The highest BCUT2D eigenvalue weighted by Gasteiger charge is 2.18. The summed E-state index contributed by atoms with van der Waals surface area (Å²) in [4.78, 5) is 23.9. The van der Waals surface area contributed by atoms with Crippen LogP contribution in [0.3, 0.4) is 0 Å². The van der Waals surface area contributed by atoms with Gasteiger partial charge in [0.15, 0.2) is 6.61 Å². The maximum Gasteiger partial charge on any atom is 0.338 e. The van der Waals surface area contributed by atoms with Crippen LogP contribution in [0.1, 0.15) is 48.5 Å². The fourth-order valence-corrected chi connectivity index (χ4v) is 2.78. The van der Waals surface area contributed by atoms with Crippen LogP contribution in [-0.2, 0) is 20.9 Å². The van der Waals surface area contributed by atoms with Gasteiger partial charge >= 0.3 is 5.97 Å². The molecule has 0 heterocycles. The standard InChI is InChI=1S/C18H25NO5/c1-3-23-11-14-10-13(8-9-16(14)22-2)18(21)24-12-17(20)19-15-6-4-5-7-15/h8-10,15H,3-7,11-12H2,1-2H3,(H,19,20). The molecule has 6 nitrogen and oxygen atoms in total. The molecule has 1 aromatic rings. The summed E-state index contributed by atoms with van der Waals surface area (Å²) in [6.07, 6.45) is 4.27. The van der Waals surface area contributed by atoms with Crippen LogP contribution in [0.25, 0.3) is 0 Å². The van der Waals surface area contributed by atoms with Crippen molar-refractivity contribution in [3.63, 3.8) is 0 Å². The Balaban J connectivity index is 1.89. The largest absolute Gasteiger partial charge is 0.496 e. The summed E-state index contributed by atoms with van der Waals surface area (Å²) < 4.78 is 15.7. The van der Waals surface area contributed by atoms with Gasteiger partial charge in [0.05, 0.1) is 19.3 Å². The Morgan fingerprint density at radius 2 is 2.00 bits per heavy atom. The van der Waals surface area contributed by atoms with Crippen LogP contribution in [0.15, 0.2) is 18.2 Å². The monoisotopic (exact) mass is 335 g/mol. The summed E-state index contributed by atoms with van der Waals surface area (Å²) >= 11 is 0. The molecule has 132 valence electrons. The third-order valence-electron chi connectivity index (χ3n) is 4.03. The smallest absolute Gasteiger partial charge is 0.338 e. The summed E-state index contributed by atoms with van der Waals surface area (Å²) in [6.45, 7) is 2.55. The summed E-state index contributed by atoms with van der Waals surface area (Å²) in [5.41, 5.74) is 1.14. The summed E-state index contributed by atoms with van der Waals surface area (Å²) in [5, 5.41) is 2.89. The number of nitrogens with one attached hydrogen (secondary N) is 1. The number of methoxy groups -OCH3 is 1. The summed E-state index contributed by atoms with van der Waals surface area (Å²) in [6, 6.07) is 5.20. The molecule has 0 spiro atoms. The highest BCUT2D eigenvalue weighted by atomic mass is 16.5. The van der Waals surface area contributed by atoms with Crippen molar-refractivity contribution in [2.24, 2.45) is 0 Å². The van der Waals surface area contributed by atoms with Crippen LogP contribution in [0.2, 0.25) is 0 Å². The molecule has 0 bridgehead atoms. The zero-order valence-electron chi connectivity index (χ0n) is 14.3. The van der Waals surface area contributed by atoms with E-state index in [9.17, 15) is 9.59 Å². The molecule has 1 aromatic carbocycles. The van der Waals surface area contributed by atoms with E-state index in [-0.39, 0.29) is 18.6 Å². The van der Waals surface area contributed by atoms with Gasteiger partial charge in [-0.1, -0.05) is 12.8 Å². The molecule has 2 rings (SSSR count). The van der Waals surface area contributed by atoms with Gasteiger partial charge in [-0.2, -0.15) is 0 Å². The minimum Gasteiger partial charge on any atom is -0.496 e. The van der Waals surface area contributed by atoms with Crippen LogP contribution in [0.5, 0.6) is 5.75 Å². The van der Waals surface area contributed by atoms with Gasteiger partial charge in [-0.25, -0.2) is 4.79 Å². The molecule has 0 aromatic heterocycles. The maximum atomic E-state index is 12.1. The lowest BCUT2D eigenvalue weighted by Crippen LogP contribution is -2.35. The van der Waals surface area contributed by atoms with Gasteiger partial charge in [0.2, 0.25) is 0 Å². The first kappa shape index (κ1) is 18.3. The van der Waals surface area contributed by atoms with Crippen molar-refractivity contribution in [2.75, 3.05) is 20.3 Å². The normalized spacial score (nSPS) is 14.4. The molecule has 0 aliphatic heterocycles. The fourth-order valence-electron chi connectivity index (χ4n) is 2.78. The first-order chi connectivity index (χ1) is 11.6. The first-order valence-electron chi connectivity index (χ1n) is 8.35. The van der Waals surface area contributed by atoms with E-state index in [2.05, 4.69) is 5.32 Å². The minimum absolute atomic E-state index is 0.218. The summed E-state index contributed by atoms with van der Waals surface area (Å²) in [7, 11) is 1.57. The van der Waals surface area contributed by atoms with Crippen molar-refractivity contribution in [2.45, 2.75) is 45.3 Å². The topological polar surface area (TPSA) is 73.9 Å². The van der Waals surface area contributed by atoms with Gasteiger partial charge < -0.3 is 19.5 Å². The van der Waals surface area contributed by atoms with E-state index in [1.807, 2.05) is 6.92 Å². The quantitative estimate of drug-likeness (QED) is 0.739. The molecule has 0 atom stereocenters. The molecule has 1 fully saturated rings. The molecule has 0 saturated heterocycles. The molecule has 1 N–H and O–H groups in total. The van der Waals surface area contributed by atoms with Gasteiger partial charge in [-0.3, -0.25) is 4.79 Å². The molecule has 1 aliphatic carbocycles. The summed E-state index contributed by atoms with van der Waals surface area (Å²) in [5.74, 6) is -0.130. The highest BCUT2D eigenvalue weighted by molar-refractivity contribution is 5.91. The molecule has 1 aliphatic rings. The van der Waals surface area contributed by atoms with Crippen molar-refractivity contribution < 1.29 is 23.8 Å². The molecule has 1 amide bonds. The van der Waals surface area contributed by atoms with Crippen molar-refractivity contribution >= 4 is 11.9 Å². The van der Waals surface area contributed by atoms with E-state index >= 15 is 0 Å². The Kier molecular flexibility index (Phi) is 7.06. The van der Waals surface area contributed by atoms with Gasteiger partial charge in [0.1, 0.15) is 5.75 Å². The van der Waals surface area contributed by atoms with Crippen molar-refractivity contribution in [3.8, 4) is 5.75 Å². The second-order valence-electron chi connectivity index (χ2n) is 5.79. The Bertz CT molecular complexity index is 567. The minimum atomic E-state index is -0.531. The second-order valence-corrected chi connectivity index (χ2v) is 5.79. The predicted octanol–water partition coefficient (Wildman–Crippen LogP) is 2.45. The number of benzene rings is 1. The van der Waals surface area contributed by atoms with Crippen LogP contribution in [0.4, 0.5) is 0 Å². The zero-order chi connectivity index (χ0) is 17.4. The van der Waals surface area contributed by atoms with Crippen molar-refractivity contribution in [3.05, 3.63) is 29.3 Å². The molecule has 24 heavy (non-hydrogen) atoms. The molecular formula is C18H25NO5. The first-order valence-corrected chi connectivity index (χ1v) is 8.35. The molecular weight excluding hydrogens is 310 g/mol. The van der Waals surface area contributed by atoms with Crippen molar-refractivity contribution in [1.29, 1.82) is 0 Å². The molecule has 1 saturated carbocycles. The van der Waals surface area contributed by atoms with E-state index in [1.54, 1.807) is 25.3 Å². The number of amides is 1. The average molecular weight is 335 g/mol. The van der Waals surface area contributed by atoms with Gasteiger partial charge in [-0.15, -0.1) is 0 Å². The Labute approximate surface area is 142 Å². The lowest BCUT2D eigenvalue weighted by molar-refractivity contribution is -0.124. The molecule has 0 unspecified atom stereocenters. The van der Waals surface area contributed by atoms with Gasteiger partial charge in [-0.05, 0) is 38.0 Å². The predicted molar refractivity (Wildman–Crippen MR) is 89.0 cm³/mol. The van der Waals surface area contributed by atoms with Crippen molar-refractivity contribution in [1.82, 2.24) is 5.32 Å². The van der Waals surface area contributed by atoms with E-state index in [1.165, 1.54) is 0 Å². The number of hydrogen-bond donors (Lipinski definition) is 1. The fraction of sp³-hybridized carbons (Fsp3) is 0.556. The molecule has 6 heteroatoms. The van der Waals surface area contributed by atoms with Gasteiger partial charge in [0, 0.05) is 18.2 Å². The number of ether oxygens (including phenoxy) is 3. The van der Waals surface area contributed by atoms with Crippen LogP contribution in [-0.4, -0.2) is 38.2 Å². The number of carbonyl (C=O) groups is 2. The Hall–Kier alpha value is -2.08. The third kappa shape index (κ3) is 5.23. The maximum absolute atomic E-state index is 12.1. The van der Waals surface area contributed by atoms with Gasteiger partial charge in [0.25, 0.3) is 5.91 Å². The number of carbonyl (C=O) groups excluding carboxylic acids is 2. The number of esters is 1. The third-order valence-corrected chi connectivity index (χ3v) is 4.03. The average Bonchev–Trinajstić information content (AvgIpc) is 3.10. The Morgan fingerprint density at radius 1 is 1.25 bits per heavy atom. The lowest BCUT2D eigenvalue weighted by Gasteiger charge is -2.13. The second kappa shape index (κ2) is 9.27. The van der Waals surface area contributed by atoms with E-state index in [4.69, 9.17) is 14.2 Å². The number of hydrogen-bond acceptors (Lipinski definition) is 5.